The van der Waals surface area contributed by atoms with Crippen LogP contribution in [0.25, 0.3) is 33.0 Å². The van der Waals surface area contributed by atoms with Crippen LogP contribution in [0.4, 0.5) is 17.1 Å². The first kappa shape index (κ1) is 34.5. The van der Waals surface area contributed by atoms with Crippen LogP contribution in [0, 0.1) is 13.8 Å². The molecule has 0 fully saturated rings. The van der Waals surface area contributed by atoms with E-state index >= 15 is 0 Å². The predicted octanol–water partition coefficient (Wildman–Crippen LogP) is 13.6. The Kier molecular flexibility index (Phi) is 10.0. The largest absolute Gasteiger partial charge is 0.423 e. The molecule has 7 rings (SSSR count). The zero-order valence-corrected chi connectivity index (χ0v) is 30.7. The van der Waals surface area contributed by atoms with Crippen LogP contribution in [0.15, 0.2) is 152 Å². The molecule has 0 amide bonds. The monoisotopic (exact) mass is 679 g/mol. The van der Waals surface area contributed by atoms with E-state index in [0.29, 0.717) is 17.2 Å². The third kappa shape index (κ3) is 7.27. The summed E-state index contributed by atoms with van der Waals surface area (Å²) in [5.41, 5.74) is 13.5. The molecule has 0 aliphatic rings. The van der Waals surface area contributed by atoms with Gasteiger partial charge in [0.15, 0.2) is 0 Å². The molecule has 0 spiro atoms. The number of anilines is 3. The summed E-state index contributed by atoms with van der Waals surface area (Å²) in [6, 6.07) is 52.6. The molecule has 0 N–H and O–H groups in total. The van der Waals surface area contributed by atoms with Crippen LogP contribution >= 0.6 is 0 Å². The zero-order chi connectivity index (χ0) is 36.2. The summed E-state index contributed by atoms with van der Waals surface area (Å²) in [6.07, 6.45) is 2.12. The maximum atomic E-state index is 13.2. The van der Waals surface area contributed by atoms with Gasteiger partial charge in [-0.05, 0) is 125 Å². The number of nitrogens with zero attached hydrogens (tertiary/aromatic N) is 1. The average Bonchev–Trinajstić information content (AvgIpc) is 3.17. The van der Waals surface area contributed by atoms with E-state index in [-0.39, 0.29) is 5.97 Å². The standard InChI is InChI=1S/C49H45NO2/c1-6-9-38-18-21-41(33(2)3)32-47(38)39-24-30-44(31-25-39)52-49(51)40-19-16-36(17-20-40)37-22-28-43(29-23-37)50(42-26-14-34(4)15-27-42)48-13-8-11-45-35(5)10-7-12-46(45)48/h7-8,10-33H,6,9H2,1-5H3. The molecule has 0 heterocycles. The first-order chi connectivity index (χ1) is 25.3. The van der Waals surface area contributed by atoms with Gasteiger partial charge in [0.1, 0.15) is 5.75 Å². The quantitative estimate of drug-likeness (QED) is 0.106. The number of ether oxygens (including phenoxy) is 1. The van der Waals surface area contributed by atoms with Gasteiger partial charge in [-0.3, -0.25) is 0 Å². The number of fused-ring (bicyclic) bond motifs is 1. The Morgan fingerprint density at radius 3 is 1.88 bits per heavy atom. The smallest absolute Gasteiger partial charge is 0.343 e. The molecule has 258 valence electrons. The van der Waals surface area contributed by atoms with Gasteiger partial charge in [0.2, 0.25) is 0 Å². The number of esters is 1. The van der Waals surface area contributed by atoms with Crippen molar-refractivity contribution in [2.75, 3.05) is 4.90 Å². The summed E-state index contributed by atoms with van der Waals surface area (Å²) in [6.45, 7) is 10.9. The molecule has 0 aliphatic heterocycles. The first-order valence-electron chi connectivity index (χ1n) is 18.3. The average molecular weight is 680 g/mol. The summed E-state index contributed by atoms with van der Waals surface area (Å²) in [5.74, 6) is 0.618. The van der Waals surface area contributed by atoms with Crippen molar-refractivity contribution in [3.63, 3.8) is 0 Å². The summed E-state index contributed by atoms with van der Waals surface area (Å²) in [4.78, 5) is 15.5. The van der Waals surface area contributed by atoms with Crippen molar-refractivity contribution < 1.29 is 9.53 Å². The van der Waals surface area contributed by atoms with E-state index in [1.165, 1.54) is 38.6 Å². The van der Waals surface area contributed by atoms with E-state index in [9.17, 15) is 4.79 Å². The topological polar surface area (TPSA) is 29.5 Å². The second kappa shape index (κ2) is 15.1. The second-order valence-electron chi connectivity index (χ2n) is 14.0. The van der Waals surface area contributed by atoms with E-state index in [0.717, 1.165) is 46.6 Å². The van der Waals surface area contributed by atoms with Crippen molar-refractivity contribution in [3.05, 3.63) is 179 Å². The first-order valence-corrected chi connectivity index (χ1v) is 18.3. The van der Waals surface area contributed by atoms with Gasteiger partial charge >= 0.3 is 5.97 Å². The molecule has 3 heteroatoms. The van der Waals surface area contributed by atoms with E-state index in [4.69, 9.17) is 4.74 Å². The summed E-state index contributed by atoms with van der Waals surface area (Å²) < 4.78 is 5.80. The molecule has 0 aromatic heterocycles. The maximum absolute atomic E-state index is 13.2. The third-order valence-electron chi connectivity index (χ3n) is 9.93. The minimum absolute atomic E-state index is 0.373. The van der Waals surface area contributed by atoms with Crippen LogP contribution < -0.4 is 9.64 Å². The highest BCUT2D eigenvalue weighted by molar-refractivity contribution is 6.00. The summed E-state index contributed by atoms with van der Waals surface area (Å²) in [7, 11) is 0. The lowest BCUT2D eigenvalue weighted by Gasteiger charge is -2.27. The number of hydrogen-bond acceptors (Lipinski definition) is 3. The molecule has 0 aliphatic carbocycles. The van der Waals surface area contributed by atoms with E-state index in [1.54, 1.807) is 0 Å². The van der Waals surface area contributed by atoms with Crippen molar-refractivity contribution in [2.45, 2.75) is 53.4 Å². The Hall–Kier alpha value is -5.93. The Labute approximate surface area is 308 Å². The third-order valence-corrected chi connectivity index (χ3v) is 9.93. The number of carbonyl (C=O) groups is 1. The Balaban J connectivity index is 1.09. The van der Waals surface area contributed by atoms with Crippen LogP contribution in [0.1, 0.15) is 65.7 Å². The van der Waals surface area contributed by atoms with Crippen LogP contribution in [0.3, 0.4) is 0 Å². The maximum Gasteiger partial charge on any atom is 0.343 e. The second-order valence-corrected chi connectivity index (χ2v) is 14.0. The fraction of sp³-hybridized carbons (Fsp3) is 0.163. The molecule has 3 nitrogen and oxygen atoms in total. The zero-order valence-electron chi connectivity index (χ0n) is 30.7. The Bertz CT molecular complexity index is 2320. The molecular weight excluding hydrogens is 635 g/mol. The highest BCUT2D eigenvalue weighted by Gasteiger charge is 2.17. The van der Waals surface area contributed by atoms with Crippen LogP contribution in [0.5, 0.6) is 5.75 Å². The number of carbonyl (C=O) groups excluding carboxylic acids is 1. The minimum Gasteiger partial charge on any atom is -0.423 e. The van der Waals surface area contributed by atoms with Gasteiger partial charge in [-0.2, -0.15) is 0 Å². The molecule has 0 saturated carbocycles. The molecule has 0 saturated heterocycles. The van der Waals surface area contributed by atoms with Gasteiger partial charge in [-0.25, -0.2) is 4.79 Å². The lowest BCUT2D eigenvalue weighted by atomic mass is 9.91. The molecule has 0 bridgehead atoms. The van der Waals surface area contributed by atoms with Crippen molar-refractivity contribution in [2.24, 2.45) is 0 Å². The lowest BCUT2D eigenvalue weighted by Crippen LogP contribution is -2.10. The Morgan fingerprint density at radius 1 is 0.635 bits per heavy atom. The van der Waals surface area contributed by atoms with Gasteiger partial charge in [0.05, 0.1) is 11.3 Å². The van der Waals surface area contributed by atoms with E-state index in [1.807, 2.05) is 36.4 Å². The fourth-order valence-corrected chi connectivity index (χ4v) is 6.95. The van der Waals surface area contributed by atoms with Crippen molar-refractivity contribution in [1.82, 2.24) is 0 Å². The lowest BCUT2D eigenvalue weighted by molar-refractivity contribution is 0.0735. The Morgan fingerprint density at radius 2 is 1.23 bits per heavy atom. The van der Waals surface area contributed by atoms with Crippen molar-refractivity contribution in [3.8, 4) is 28.0 Å². The van der Waals surface area contributed by atoms with Gasteiger partial charge in [0.25, 0.3) is 0 Å². The minimum atomic E-state index is -0.373. The number of benzene rings is 7. The molecule has 0 unspecified atom stereocenters. The molecule has 0 atom stereocenters. The van der Waals surface area contributed by atoms with Crippen molar-refractivity contribution in [1.29, 1.82) is 0 Å². The molecule has 52 heavy (non-hydrogen) atoms. The highest BCUT2D eigenvalue weighted by Crippen LogP contribution is 2.40. The van der Waals surface area contributed by atoms with E-state index < -0.39 is 0 Å². The van der Waals surface area contributed by atoms with Crippen LogP contribution in [-0.2, 0) is 6.42 Å². The SMILES string of the molecule is CCCc1ccc(C(C)C)cc1-c1ccc(OC(=O)c2ccc(-c3ccc(N(c4ccc(C)cc4)c4cccc5c(C)cccc45)cc3)cc2)cc1. The van der Waals surface area contributed by atoms with Gasteiger partial charge in [0, 0.05) is 16.8 Å². The molecule has 7 aromatic rings. The van der Waals surface area contributed by atoms with E-state index in [2.05, 4.69) is 155 Å². The normalized spacial score (nSPS) is 11.2. The number of rotatable bonds is 10. The number of hydrogen-bond donors (Lipinski definition) is 0. The molecule has 0 radical (unpaired) electrons. The van der Waals surface area contributed by atoms with Gasteiger partial charge < -0.3 is 9.64 Å². The molecule has 7 aromatic carbocycles. The highest BCUT2D eigenvalue weighted by atomic mass is 16.5. The van der Waals surface area contributed by atoms with Gasteiger partial charge in [-0.1, -0.05) is 130 Å². The summed E-state index contributed by atoms with van der Waals surface area (Å²) in [5, 5.41) is 2.46. The molecular formula is C49H45NO2. The van der Waals surface area contributed by atoms with Crippen LogP contribution in [0.2, 0.25) is 0 Å². The number of aryl methyl sites for hydroxylation is 3. The van der Waals surface area contributed by atoms with Gasteiger partial charge in [-0.15, -0.1) is 0 Å². The predicted molar refractivity (Wildman–Crippen MR) is 218 cm³/mol. The van der Waals surface area contributed by atoms with Crippen LogP contribution in [-0.4, -0.2) is 5.97 Å². The van der Waals surface area contributed by atoms with Crippen molar-refractivity contribution >= 4 is 33.8 Å². The fourth-order valence-electron chi connectivity index (χ4n) is 6.95. The summed E-state index contributed by atoms with van der Waals surface area (Å²) >= 11 is 0.